The predicted octanol–water partition coefficient (Wildman–Crippen LogP) is 1.24. The molecule has 9 heteroatoms. The molecule has 0 fully saturated rings. The molecule has 0 aliphatic carbocycles. The highest BCUT2D eigenvalue weighted by atomic mass is 16.5. The van der Waals surface area contributed by atoms with Gasteiger partial charge in [-0.05, 0) is 33.2 Å². The number of hydrogen-bond donors (Lipinski definition) is 3. The number of aliphatic hydroxyl groups is 1. The number of rotatable bonds is 8. The van der Waals surface area contributed by atoms with E-state index in [9.17, 15) is 9.90 Å². The molecule has 0 saturated heterocycles. The van der Waals surface area contributed by atoms with Crippen LogP contribution in [0.3, 0.4) is 0 Å². The van der Waals surface area contributed by atoms with Gasteiger partial charge in [0.05, 0.1) is 31.1 Å². The largest absolute Gasteiger partial charge is 0.476 e. The van der Waals surface area contributed by atoms with Crippen LogP contribution >= 0.6 is 0 Å². The van der Waals surface area contributed by atoms with Crippen molar-refractivity contribution < 1.29 is 14.6 Å². The van der Waals surface area contributed by atoms with Crippen LogP contribution in [0.4, 0.5) is 16.2 Å². The molecule has 0 spiro atoms. The Morgan fingerprint density at radius 1 is 1.44 bits per heavy atom. The average Bonchev–Trinajstić information content (AvgIpc) is 2.95. The Morgan fingerprint density at radius 3 is 2.96 bits per heavy atom. The van der Waals surface area contributed by atoms with Gasteiger partial charge in [0.2, 0.25) is 5.88 Å². The van der Waals surface area contributed by atoms with Gasteiger partial charge in [-0.3, -0.25) is 4.68 Å². The first-order valence-electron chi connectivity index (χ1n) is 7.99. The fraction of sp³-hybridized carbons (Fsp3) is 0.438. The Kier molecular flexibility index (Phi) is 6.72. The van der Waals surface area contributed by atoms with Gasteiger partial charge in [-0.2, -0.15) is 5.10 Å². The highest BCUT2D eigenvalue weighted by Crippen LogP contribution is 2.20. The van der Waals surface area contributed by atoms with E-state index in [1.165, 1.54) is 6.20 Å². The summed E-state index contributed by atoms with van der Waals surface area (Å²) >= 11 is 0. The predicted molar refractivity (Wildman–Crippen MR) is 94.8 cm³/mol. The number of carbonyl (C=O) groups is 1. The van der Waals surface area contributed by atoms with Crippen LogP contribution in [-0.4, -0.2) is 64.2 Å². The smallest absolute Gasteiger partial charge is 0.323 e. The van der Waals surface area contributed by atoms with E-state index in [2.05, 4.69) is 20.7 Å². The van der Waals surface area contributed by atoms with Crippen molar-refractivity contribution in [3.63, 3.8) is 0 Å². The molecule has 136 valence electrons. The van der Waals surface area contributed by atoms with Gasteiger partial charge in [0.1, 0.15) is 5.69 Å². The lowest BCUT2D eigenvalue weighted by atomic mass is 10.3. The van der Waals surface area contributed by atoms with Crippen LogP contribution in [0.2, 0.25) is 0 Å². The molecule has 0 aromatic carbocycles. The van der Waals surface area contributed by atoms with E-state index in [-0.39, 0.29) is 0 Å². The molecule has 2 aromatic heterocycles. The van der Waals surface area contributed by atoms with E-state index in [0.29, 0.717) is 37.0 Å². The van der Waals surface area contributed by atoms with Crippen molar-refractivity contribution in [2.75, 3.05) is 37.9 Å². The summed E-state index contributed by atoms with van der Waals surface area (Å²) in [5, 5.41) is 19.4. The van der Waals surface area contributed by atoms with Crippen molar-refractivity contribution >= 4 is 17.4 Å². The maximum absolute atomic E-state index is 12.1. The molecule has 2 aromatic rings. The van der Waals surface area contributed by atoms with Crippen LogP contribution in [0, 0.1) is 0 Å². The molecule has 25 heavy (non-hydrogen) atoms. The number of pyridine rings is 1. The molecule has 2 heterocycles. The van der Waals surface area contributed by atoms with Crippen molar-refractivity contribution in [1.29, 1.82) is 0 Å². The number of anilines is 2. The number of carbonyl (C=O) groups excluding carboxylic acids is 1. The molecule has 3 N–H and O–H groups in total. The van der Waals surface area contributed by atoms with Crippen LogP contribution in [0.5, 0.6) is 5.88 Å². The van der Waals surface area contributed by atoms with Gasteiger partial charge in [-0.15, -0.1) is 0 Å². The van der Waals surface area contributed by atoms with Gasteiger partial charge in [0, 0.05) is 18.9 Å². The molecule has 2 amide bonds. The quantitative estimate of drug-likeness (QED) is 0.663. The summed E-state index contributed by atoms with van der Waals surface area (Å²) in [5.74, 6) is 0.364. The van der Waals surface area contributed by atoms with E-state index in [1.54, 1.807) is 29.2 Å². The highest BCUT2D eigenvalue weighted by molar-refractivity contribution is 6.00. The van der Waals surface area contributed by atoms with E-state index in [1.807, 2.05) is 25.9 Å². The van der Waals surface area contributed by atoms with E-state index >= 15 is 0 Å². The number of amides is 2. The van der Waals surface area contributed by atoms with E-state index in [4.69, 9.17) is 4.74 Å². The number of aromatic nitrogens is 3. The van der Waals surface area contributed by atoms with Crippen LogP contribution in [0.1, 0.15) is 6.92 Å². The third-order valence-corrected chi connectivity index (χ3v) is 3.17. The Morgan fingerprint density at radius 2 is 2.24 bits per heavy atom. The van der Waals surface area contributed by atoms with Crippen molar-refractivity contribution in [3.8, 4) is 5.88 Å². The number of urea groups is 1. The minimum Gasteiger partial charge on any atom is -0.476 e. The van der Waals surface area contributed by atoms with Crippen molar-refractivity contribution in [2.24, 2.45) is 0 Å². The molecule has 0 bridgehead atoms. The number of ether oxygens (including phenoxy) is 1. The van der Waals surface area contributed by atoms with Gasteiger partial charge < -0.3 is 25.4 Å². The van der Waals surface area contributed by atoms with E-state index in [0.717, 1.165) is 0 Å². The zero-order valence-electron chi connectivity index (χ0n) is 14.6. The van der Waals surface area contributed by atoms with Gasteiger partial charge >= 0.3 is 6.03 Å². The summed E-state index contributed by atoms with van der Waals surface area (Å²) in [6.45, 7) is 3.18. The van der Waals surface area contributed by atoms with Crippen LogP contribution in [-0.2, 0) is 6.54 Å². The fourth-order valence-corrected chi connectivity index (χ4v) is 2.25. The number of aliphatic hydroxyl groups excluding tert-OH is 1. The monoisotopic (exact) mass is 348 g/mol. The maximum atomic E-state index is 12.1. The molecule has 2 rings (SSSR count). The average molecular weight is 348 g/mol. The Balaban J connectivity index is 1.91. The summed E-state index contributed by atoms with van der Waals surface area (Å²) in [7, 11) is 3.77. The topological polar surface area (TPSA) is 105 Å². The lowest BCUT2D eigenvalue weighted by Gasteiger charge is -2.15. The summed E-state index contributed by atoms with van der Waals surface area (Å²) < 4.78 is 6.95. The second-order valence-corrected chi connectivity index (χ2v) is 5.74. The molecule has 0 aliphatic rings. The normalized spacial score (nSPS) is 12.0. The Labute approximate surface area is 146 Å². The minimum atomic E-state index is -0.541. The molecule has 0 saturated carbocycles. The number of likely N-dealkylation sites (N-methyl/N-ethyl adjacent to an activating group) is 1. The van der Waals surface area contributed by atoms with Gasteiger partial charge in [-0.1, -0.05) is 0 Å². The van der Waals surface area contributed by atoms with Gasteiger partial charge in [0.15, 0.2) is 0 Å². The Hall–Kier alpha value is -2.65. The number of nitrogens with zero attached hydrogens (tertiary/aromatic N) is 4. The Bertz CT molecular complexity index is 688. The minimum absolute atomic E-state index is 0.346. The molecule has 0 unspecified atom stereocenters. The van der Waals surface area contributed by atoms with Crippen LogP contribution in [0.15, 0.2) is 30.7 Å². The van der Waals surface area contributed by atoms with E-state index < -0.39 is 12.1 Å². The second kappa shape index (κ2) is 9.00. The molecule has 0 aliphatic heterocycles. The van der Waals surface area contributed by atoms with Gasteiger partial charge in [-0.25, -0.2) is 9.78 Å². The summed E-state index contributed by atoms with van der Waals surface area (Å²) in [5.41, 5.74) is 1.01. The first-order valence-corrected chi connectivity index (χ1v) is 7.99. The van der Waals surface area contributed by atoms with Crippen LogP contribution in [0.25, 0.3) is 0 Å². The zero-order chi connectivity index (χ0) is 18.2. The second-order valence-electron chi connectivity index (χ2n) is 5.74. The summed E-state index contributed by atoms with van der Waals surface area (Å²) in [6.07, 6.45) is 4.23. The molecule has 1 atom stereocenters. The first kappa shape index (κ1) is 18.7. The van der Waals surface area contributed by atoms with Crippen molar-refractivity contribution in [2.45, 2.75) is 19.6 Å². The van der Waals surface area contributed by atoms with Gasteiger partial charge in [0.25, 0.3) is 0 Å². The third kappa shape index (κ3) is 6.05. The molecular formula is C16H24N6O3. The van der Waals surface area contributed by atoms with Crippen molar-refractivity contribution in [3.05, 3.63) is 30.7 Å². The number of nitrogens with one attached hydrogen (secondary N) is 2. The summed E-state index contributed by atoms with van der Waals surface area (Å²) in [6, 6.07) is 2.99. The standard InChI is InChI=1S/C16H24N6O3/c1-4-25-15-14(6-5-7-17-15)20-16(24)19-12-8-18-22(9-12)11-13(23)10-21(2)3/h5-9,13,23H,4,10-11H2,1-3H3,(H2,19,20,24)/t13-/m0/s1. The highest BCUT2D eigenvalue weighted by Gasteiger charge is 2.11. The fourth-order valence-electron chi connectivity index (χ4n) is 2.25. The number of hydrogen-bond acceptors (Lipinski definition) is 6. The third-order valence-electron chi connectivity index (χ3n) is 3.17. The molecular weight excluding hydrogens is 324 g/mol. The van der Waals surface area contributed by atoms with Crippen molar-refractivity contribution in [1.82, 2.24) is 19.7 Å². The lowest BCUT2D eigenvalue weighted by molar-refractivity contribution is 0.116. The zero-order valence-corrected chi connectivity index (χ0v) is 14.6. The summed E-state index contributed by atoms with van der Waals surface area (Å²) in [4.78, 5) is 18.1. The molecule has 0 radical (unpaired) electrons. The lowest BCUT2D eigenvalue weighted by Crippen LogP contribution is -2.29. The van der Waals surface area contributed by atoms with Crippen LogP contribution < -0.4 is 15.4 Å². The first-order chi connectivity index (χ1) is 12.0. The molecule has 9 nitrogen and oxygen atoms in total. The maximum Gasteiger partial charge on any atom is 0.323 e. The SMILES string of the molecule is CCOc1ncccc1NC(=O)Nc1cnn(C[C@@H](O)CN(C)C)c1.